The topological polar surface area (TPSA) is 84.7 Å². The molecule has 0 radical (unpaired) electrons. The summed E-state index contributed by atoms with van der Waals surface area (Å²) in [5.74, 6) is -0.835. The Bertz CT molecular complexity index is 753. The molecule has 108 valence electrons. The van der Waals surface area contributed by atoms with Gasteiger partial charge in [-0.05, 0) is 0 Å². The average molecular weight is 288 g/mol. The van der Waals surface area contributed by atoms with E-state index in [0.29, 0.717) is 0 Å². The fourth-order valence-corrected chi connectivity index (χ4v) is 1.87. The molecule has 6 nitrogen and oxygen atoms in total. The smallest absolute Gasteiger partial charge is 0.273 e. The van der Waals surface area contributed by atoms with Gasteiger partial charge in [-0.3, -0.25) is 10.1 Å². The molecule has 7 heteroatoms. The van der Waals surface area contributed by atoms with Crippen LogP contribution in [0.2, 0.25) is 0 Å². The largest absolute Gasteiger partial charge is 0.302 e. The fourth-order valence-electron chi connectivity index (χ4n) is 1.87. The van der Waals surface area contributed by atoms with Crippen LogP contribution in [0.15, 0.2) is 24.7 Å². The number of hydrogen-bond acceptors (Lipinski definition) is 4. The van der Waals surface area contributed by atoms with Crippen LogP contribution in [0.25, 0.3) is 5.69 Å². The first-order valence-corrected chi connectivity index (χ1v) is 6.17. The Morgan fingerprint density at radius 2 is 2.10 bits per heavy atom. The predicted octanol–water partition coefficient (Wildman–Crippen LogP) is 3.09. The highest BCUT2D eigenvalue weighted by Gasteiger charge is 2.21. The lowest BCUT2D eigenvalue weighted by molar-refractivity contribution is -0.385. The van der Waals surface area contributed by atoms with Crippen LogP contribution in [0.5, 0.6) is 0 Å². The summed E-state index contributed by atoms with van der Waals surface area (Å²) in [6.07, 6.45) is 3.01. The van der Waals surface area contributed by atoms with E-state index >= 15 is 0 Å². The summed E-state index contributed by atoms with van der Waals surface area (Å²) >= 11 is 0. The second-order valence-corrected chi connectivity index (χ2v) is 5.61. The van der Waals surface area contributed by atoms with Crippen molar-refractivity contribution < 1.29 is 9.31 Å². The number of nitrogens with zero attached hydrogens (tertiary/aromatic N) is 4. The molecular weight excluding hydrogens is 275 g/mol. The van der Waals surface area contributed by atoms with E-state index in [1.54, 1.807) is 12.3 Å². The Morgan fingerprint density at radius 1 is 1.43 bits per heavy atom. The molecule has 1 aromatic carbocycles. The van der Waals surface area contributed by atoms with E-state index in [-0.39, 0.29) is 16.7 Å². The van der Waals surface area contributed by atoms with Crippen LogP contribution in [0.4, 0.5) is 10.1 Å². The number of benzene rings is 1. The fraction of sp³-hybridized carbons (Fsp3) is 0.286. The van der Waals surface area contributed by atoms with Gasteiger partial charge in [-0.1, -0.05) is 20.8 Å². The molecule has 0 aliphatic rings. The first-order valence-electron chi connectivity index (χ1n) is 6.17. The van der Waals surface area contributed by atoms with Crippen molar-refractivity contribution in [2.75, 3.05) is 0 Å². The van der Waals surface area contributed by atoms with E-state index in [2.05, 4.69) is 4.98 Å². The number of hydrogen-bond donors (Lipinski definition) is 0. The third kappa shape index (κ3) is 2.74. The minimum absolute atomic E-state index is 0.0360. The molecule has 0 aliphatic carbocycles. The third-order valence-electron chi connectivity index (χ3n) is 2.99. The summed E-state index contributed by atoms with van der Waals surface area (Å²) in [4.78, 5) is 14.2. The van der Waals surface area contributed by atoms with E-state index in [9.17, 15) is 14.5 Å². The van der Waals surface area contributed by atoms with Gasteiger partial charge in [0.2, 0.25) is 0 Å². The highest BCUT2D eigenvalue weighted by molar-refractivity contribution is 5.55. The molecule has 0 bridgehead atoms. The van der Waals surface area contributed by atoms with Crippen LogP contribution in [-0.2, 0) is 5.41 Å². The van der Waals surface area contributed by atoms with Crippen LogP contribution >= 0.6 is 0 Å². The maximum Gasteiger partial charge on any atom is 0.273 e. The monoisotopic (exact) mass is 288 g/mol. The van der Waals surface area contributed by atoms with Gasteiger partial charge in [0.25, 0.3) is 5.69 Å². The second-order valence-electron chi connectivity index (χ2n) is 5.61. The van der Waals surface area contributed by atoms with Crippen LogP contribution in [0.3, 0.4) is 0 Å². The van der Waals surface area contributed by atoms with Crippen molar-refractivity contribution in [1.82, 2.24) is 9.55 Å². The van der Waals surface area contributed by atoms with E-state index < -0.39 is 16.4 Å². The number of nitro benzene ring substituents is 1. The zero-order valence-electron chi connectivity index (χ0n) is 11.8. The number of halogens is 1. The molecule has 0 unspecified atom stereocenters. The molecule has 0 N–H and O–H groups in total. The van der Waals surface area contributed by atoms with Gasteiger partial charge in [0.15, 0.2) is 5.82 Å². The minimum atomic E-state index is -0.835. The quantitative estimate of drug-likeness (QED) is 0.627. The van der Waals surface area contributed by atoms with Gasteiger partial charge in [-0.2, -0.15) is 5.26 Å². The molecule has 0 saturated heterocycles. The van der Waals surface area contributed by atoms with Gasteiger partial charge >= 0.3 is 0 Å². The van der Waals surface area contributed by atoms with Crippen molar-refractivity contribution in [3.8, 4) is 11.8 Å². The van der Waals surface area contributed by atoms with Gasteiger partial charge in [0.05, 0.1) is 28.6 Å². The molecule has 21 heavy (non-hydrogen) atoms. The number of nitro groups is 1. The van der Waals surface area contributed by atoms with Crippen molar-refractivity contribution in [2.24, 2.45) is 0 Å². The Balaban J connectivity index is 2.62. The Labute approximate surface area is 120 Å². The second kappa shape index (κ2) is 4.98. The Morgan fingerprint density at radius 3 is 2.57 bits per heavy atom. The first-order chi connectivity index (χ1) is 9.74. The van der Waals surface area contributed by atoms with Crippen LogP contribution in [0, 0.1) is 27.3 Å². The summed E-state index contributed by atoms with van der Waals surface area (Å²) in [5.41, 5.74) is -0.103. The lowest BCUT2D eigenvalue weighted by atomic mass is 9.93. The van der Waals surface area contributed by atoms with Crippen LogP contribution < -0.4 is 0 Å². The molecule has 2 aromatic rings. The standard InChI is InChI=1S/C14H13FN4O2/c1-14(2,3)12-7-18(8-17-12)13-9(6-16)4-10(19(20)21)5-11(13)15/h4-5,7-8H,1-3H3. The highest BCUT2D eigenvalue weighted by atomic mass is 19.1. The first kappa shape index (κ1) is 14.7. The number of imidazole rings is 1. The number of nitriles is 1. The van der Waals surface area contributed by atoms with Crippen LogP contribution in [-0.4, -0.2) is 14.5 Å². The minimum Gasteiger partial charge on any atom is -0.302 e. The lowest BCUT2D eigenvalue weighted by Crippen LogP contribution is -2.11. The van der Waals surface area contributed by atoms with E-state index in [1.165, 1.54) is 10.9 Å². The van der Waals surface area contributed by atoms with E-state index in [0.717, 1.165) is 17.8 Å². The molecule has 0 fully saturated rings. The van der Waals surface area contributed by atoms with Crippen LogP contribution in [0.1, 0.15) is 32.0 Å². The Kier molecular flexibility index (Phi) is 3.47. The molecular formula is C14H13FN4O2. The maximum atomic E-state index is 14.1. The zero-order chi connectivity index (χ0) is 15.8. The number of rotatable bonds is 2. The summed E-state index contributed by atoms with van der Waals surface area (Å²) in [6, 6.07) is 3.63. The maximum absolute atomic E-state index is 14.1. The van der Waals surface area contributed by atoms with Gasteiger partial charge in [-0.25, -0.2) is 9.37 Å². The summed E-state index contributed by atoms with van der Waals surface area (Å²) in [6.45, 7) is 5.87. The molecule has 1 aromatic heterocycles. The van der Waals surface area contributed by atoms with Crippen molar-refractivity contribution >= 4 is 5.69 Å². The lowest BCUT2D eigenvalue weighted by Gasteiger charge is -2.14. The van der Waals surface area contributed by atoms with Gasteiger partial charge in [0.1, 0.15) is 11.8 Å². The van der Waals surface area contributed by atoms with E-state index in [4.69, 9.17) is 5.26 Å². The summed E-state index contributed by atoms with van der Waals surface area (Å²) < 4.78 is 15.5. The third-order valence-corrected chi connectivity index (χ3v) is 2.99. The molecule has 0 spiro atoms. The van der Waals surface area contributed by atoms with Gasteiger partial charge in [0, 0.05) is 17.7 Å². The average Bonchev–Trinajstić information content (AvgIpc) is 2.86. The highest BCUT2D eigenvalue weighted by Crippen LogP contribution is 2.27. The molecule has 2 rings (SSSR count). The van der Waals surface area contributed by atoms with Crippen molar-refractivity contribution in [3.05, 3.63) is 51.8 Å². The van der Waals surface area contributed by atoms with Gasteiger partial charge in [-0.15, -0.1) is 0 Å². The van der Waals surface area contributed by atoms with Crippen molar-refractivity contribution in [2.45, 2.75) is 26.2 Å². The van der Waals surface area contributed by atoms with Crippen molar-refractivity contribution in [1.29, 1.82) is 5.26 Å². The Hall–Kier alpha value is -2.75. The molecule has 0 aliphatic heterocycles. The van der Waals surface area contributed by atoms with Gasteiger partial charge < -0.3 is 4.57 Å². The predicted molar refractivity (Wildman–Crippen MR) is 73.6 cm³/mol. The summed E-state index contributed by atoms with van der Waals surface area (Å²) in [5, 5.41) is 19.8. The SMILES string of the molecule is CC(C)(C)c1cn(-c2c(F)cc([N+](=O)[O-])cc2C#N)cn1. The molecule has 0 amide bonds. The molecule has 0 atom stereocenters. The van der Waals surface area contributed by atoms with E-state index in [1.807, 2.05) is 20.8 Å². The molecule has 1 heterocycles. The molecule has 0 saturated carbocycles. The number of non-ortho nitro benzene ring substituents is 1. The number of aromatic nitrogens is 2. The van der Waals surface area contributed by atoms with Crippen molar-refractivity contribution in [3.63, 3.8) is 0 Å². The summed E-state index contributed by atoms with van der Waals surface area (Å²) in [7, 11) is 0. The normalized spacial score (nSPS) is 11.2. The zero-order valence-corrected chi connectivity index (χ0v) is 11.8.